The standard InChI is InChI=1S/C22H26N6O2.2C2HF3O2/c1-21(2,29)14-30-17-8-18(20-16(9-23)11-26-28(20)12-17)15-4-5-19(25-10-15)27-7-6-22(3,24)13-27;2*3-2(4,5)1(6)7/h4-5,8,10-12,29H,6-7,13-14,24H2,1-3H3;2*(H,6,7)/t22-;;/m1../s1. The number of anilines is 1. The lowest BCUT2D eigenvalue weighted by molar-refractivity contribution is -0.193. The van der Waals surface area contributed by atoms with Crippen LogP contribution in [-0.4, -0.2) is 85.0 Å². The summed E-state index contributed by atoms with van der Waals surface area (Å²) < 4.78 is 70.9. The van der Waals surface area contributed by atoms with Crippen LogP contribution >= 0.6 is 0 Å². The molecule has 1 aliphatic heterocycles. The van der Waals surface area contributed by atoms with Crippen molar-refractivity contribution in [3.8, 4) is 22.9 Å². The third-order valence-electron chi connectivity index (χ3n) is 5.67. The van der Waals surface area contributed by atoms with Gasteiger partial charge in [-0.1, -0.05) is 0 Å². The molecule has 0 bridgehead atoms. The Kier molecular flexibility index (Phi) is 10.8. The number of fused-ring (bicyclic) bond motifs is 1. The molecule has 44 heavy (non-hydrogen) atoms. The Morgan fingerprint density at radius 2 is 1.68 bits per heavy atom. The summed E-state index contributed by atoms with van der Waals surface area (Å²) in [6.07, 6.45) is -4.20. The van der Waals surface area contributed by atoms with Crippen molar-refractivity contribution in [3.05, 3.63) is 42.4 Å². The van der Waals surface area contributed by atoms with Gasteiger partial charge in [-0.05, 0) is 45.4 Å². The van der Waals surface area contributed by atoms with E-state index in [0.717, 1.165) is 36.5 Å². The zero-order chi connectivity index (χ0) is 33.7. The monoisotopic (exact) mass is 634 g/mol. The lowest BCUT2D eigenvalue weighted by atomic mass is 10.0. The van der Waals surface area contributed by atoms with Gasteiger partial charge in [0.05, 0.1) is 29.1 Å². The quantitative estimate of drug-likeness (QED) is 0.300. The molecule has 12 nitrogen and oxygen atoms in total. The number of alkyl halides is 6. The molecule has 5 N–H and O–H groups in total. The average Bonchev–Trinajstić information content (AvgIpc) is 3.48. The van der Waals surface area contributed by atoms with Gasteiger partial charge in [-0.3, -0.25) is 0 Å². The Labute approximate surface area is 245 Å². The minimum atomic E-state index is -5.08. The van der Waals surface area contributed by atoms with E-state index in [1.165, 1.54) is 6.20 Å². The molecule has 1 aliphatic rings. The highest BCUT2D eigenvalue weighted by molar-refractivity contribution is 5.85. The number of aliphatic carboxylic acids is 2. The third-order valence-corrected chi connectivity index (χ3v) is 5.67. The van der Waals surface area contributed by atoms with Crippen LogP contribution in [0.1, 0.15) is 32.8 Å². The van der Waals surface area contributed by atoms with Gasteiger partial charge < -0.3 is 30.7 Å². The summed E-state index contributed by atoms with van der Waals surface area (Å²) in [6, 6.07) is 8.00. The summed E-state index contributed by atoms with van der Waals surface area (Å²) in [7, 11) is 0. The summed E-state index contributed by atoms with van der Waals surface area (Å²) in [5, 5.41) is 38.0. The van der Waals surface area contributed by atoms with Crippen LogP contribution in [0.5, 0.6) is 5.75 Å². The predicted octanol–water partition coefficient (Wildman–Crippen LogP) is 3.61. The van der Waals surface area contributed by atoms with Crippen LogP contribution in [0.15, 0.2) is 36.8 Å². The second-order valence-corrected chi connectivity index (χ2v) is 10.5. The van der Waals surface area contributed by atoms with E-state index < -0.39 is 29.9 Å². The highest BCUT2D eigenvalue weighted by Gasteiger charge is 2.39. The molecule has 1 fully saturated rings. The number of aliphatic hydroxyl groups is 1. The van der Waals surface area contributed by atoms with Crippen LogP contribution in [0.4, 0.5) is 32.2 Å². The minimum absolute atomic E-state index is 0.133. The zero-order valence-electron chi connectivity index (χ0n) is 23.4. The topological polar surface area (TPSA) is 187 Å². The number of nitrogens with two attached hydrogens (primary N) is 1. The first-order valence-electron chi connectivity index (χ1n) is 12.4. The third kappa shape index (κ3) is 10.3. The maximum Gasteiger partial charge on any atom is 0.490 e. The van der Waals surface area contributed by atoms with Gasteiger partial charge in [-0.2, -0.15) is 36.7 Å². The van der Waals surface area contributed by atoms with E-state index in [9.17, 15) is 36.7 Å². The zero-order valence-corrected chi connectivity index (χ0v) is 23.4. The number of nitriles is 1. The molecule has 0 saturated carbocycles. The first kappa shape index (κ1) is 35.6. The van der Waals surface area contributed by atoms with Gasteiger partial charge in [-0.25, -0.2) is 19.1 Å². The SMILES string of the molecule is CC(C)(O)COc1cc(-c2ccc(N3CC[C@@](C)(N)C3)nc2)c2c(C#N)cnn2c1.O=C(O)C(F)(F)F.O=C(O)C(F)(F)F. The van der Waals surface area contributed by atoms with Gasteiger partial charge in [0.2, 0.25) is 0 Å². The van der Waals surface area contributed by atoms with Crippen LogP contribution in [0.25, 0.3) is 16.6 Å². The van der Waals surface area contributed by atoms with E-state index in [-0.39, 0.29) is 12.1 Å². The molecule has 1 atom stereocenters. The maximum atomic E-state index is 10.6. The van der Waals surface area contributed by atoms with Gasteiger partial charge in [-0.15, -0.1) is 0 Å². The van der Waals surface area contributed by atoms with Crippen LogP contribution in [0, 0.1) is 11.3 Å². The van der Waals surface area contributed by atoms with Crippen LogP contribution in [0.2, 0.25) is 0 Å². The van der Waals surface area contributed by atoms with Gasteiger partial charge in [0.1, 0.15) is 24.2 Å². The number of rotatable bonds is 5. The number of hydrogen-bond acceptors (Lipinski definition) is 9. The van der Waals surface area contributed by atoms with Crippen molar-refractivity contribution in [3.63, 3.8) is 0 Å². The molecule has 4 heterocycles. The number of hydrogen-bond donors (Lipinski definition) is 4. The second-order valence-electron chi connectivity index (χ2n) is 10.5. The molecule has 0 radical (unpaired) electrons. The molecule has 0 aliphatic carbocycles. The molecule has 18 heteroatoms. The summed E-state index contributed by atoms with van der Waals surface area (Å²) in [6.45, 7) is 7.20. The number of carboxylic acids is 2. The Balaban J connectivity index is 0.000000402. The van der Waals surface area contributed by atoms with Crippen LogP contribution < -0.4 is 15.4 Å². The Morgan fingerprint density at radius 3 is 2.09 bits per heavy atom. The van der Waals surface area contributed by atoms with Crippen LogP contribution in [0.3, 0.4) is 0 Å². The largest absolute Gasteiger partial charge is 0.490 e. The number of nitrogens with zero attached hydrogens (tertiary/aromatic N) is 5. The molecule has 240 valence electrons. The maximum absolute atomic E-state index is 10.6. The summed E-state index contributed by atoms with van der Waals surface area (Å²) in [5.41, 5.74) is 7.89. The molecule has 0 amide bonds. The summed E-state index contributed by atoms with van der Waals surface area (Å²) >= 11 is 0. The lowest BCUT2D eigenvalue weighted by Crippen LogP contribution is -2.39. The Bertz CT molecular complexity index is 1480. The van der Waals surface area contributed by atoms with E-state index in [1.54, 1.807) is 30.8 Å². The molecule has 0 unspecified atom stereocenters. The van der Waals surface area contributed by atoms with Gasteiger partial charge in [0, 0.05) is 36.0 Å². The van der Waals surface area contributed by atoms with E-state index in [4.69, 9.17) is 30.3 Å². The average molecular weight is 635 g/mol. The van der Waals surface area contributed by atoms with Crippen molar-refractivity contribution in [1.82, 2.24) is 14.6 Å². The van der Waals surface area contributed by atoms with E-state index >= 15 is 0 Å². The number of ether oxygens (including phenoxy) is 1. The van der Waals surface area contributed by atoms with E-state index in [0.29, 0.717) is 16.8 Å². The van der Waals surface area contributed by atoms with Crippen molar-refractivity contribution in [2.45, 2.75) is 50.7 Å². The fraction of sp³-hybridized carbons (Fsp3) is 0.423. The highest BCUT2D eigenvalue weighted by Crippen LogP contribution is 2.32. The number of halogens is 6. The highest BCUT2D eigenvalue weighted by atomic mass is 19.4. The number of carbonyl (C=O) groups is 2. The van der Waals surface area contributed by atoms with Gasteiger partial charge in [0.25, 0.3) is 0 Å². The molecule has 1 saturated heterocycles. The van der Waals surface area contributed by atoms with Crippen molar-refractivity contribution >= 4 is 23.3 Å². The van der Waals surface area contributed by atoms with Crippen molar-refractivity contribution in [2.75, 3.05) is 24.6 Å². The predicted molar refractivity (Wildman–Crippen MR) is 142 cm³/mol. The summed E-state index contributed by atoms with van der Waals surface area (Å²) in [4.78, 5) is 24.6. The van der Waals surface area contributed by atoms with Crippen molar-refractivity contribution in [1.29, 1.82) is 5.26 Å². The Morgan fingerprint density at radius 1 is 1.11 bits per heavy atom. The molecular formula is C26H28F6N6O6. The fourth-order valence-corrected chi connectivity index (χ4v) is 3.65. The van der Waals surface area contributed by atoms with E-state index in [1.807, 2.05) is 18.2 Å². The van der Waals surface area contributed by atoms with Crippen molar-refractivity contribution in [2.24, 2.45) is 5.73 Å². The molecule has 3 aromatic rings. The first-order chi connectivity index (χ1) is 20.0. The lowest BCUT2D eigenvalue weighted by Gasteiger charge is -2.21. The molecule has 0 aromatic carbocycles. The van der Waals surface area contributed by atoms with Crippen molar-refractivity contribution < 1.29 is 56.0 Å². The number of pyridine rings is 2. The second kappa shape index (κ2) is 13.3. The molecule has 3 aromatic heterocycles. The Hall–Kier alpha value is -4.63. The van der Waals surface area contributed by atoms with E-state index in [2.05, 4.69) is 28.0 Å². The summed E-state index contributed by atoms with van der Waals surface area (Å²) in [5.74, 6) is -4.08. The van der Waals surface area contributed by atoms with Gasteiger partial charge in [0.15, 0.2) is 0 Å². The fourth-order valence-electron chi connectivity index (χ4n) is 3.65. The normalized spacial score (nSPS) is 16.7. The molecule has 0 spiro atoms. The smallest absolute Gasteiger partial charge is 0.489 e. The number of aromatic nitrogens is 3. The van der Waals surface area contributed by atoms with Gasteiger partial charge >= 0.3 is 24.3 Å². The molecular weight excluding hydrogens is 606 g/mol. The molecule has 4 rings (SSSR count). The minimum Gasteiger partial charge on any atom is -0.489 e. The number of carboxylic acid groups (broad SMARTS) is 2. The van der Waals surface area contributed by atoms with Crippen LogP contribution in [-0.2, 0) is 9.59 Å². The first-order valence-corrected chi connectivity index (χ1v) is 12.4.